The Kier molecular flexibility index (Phi) is 6.54. The first-order valence-electron chi connectivity index (χ1n) is 7.15. The fourth-order valence-electron chi connectivity index (χ4n) is 1.95. The van der Waals surface area contributed by atoms with Gasteiger partial charge < -0.3 is 14.8 Å². The Bertz CT molecular complexity index is 847. The second-order valence-electron chi connectivity index (χ2n) is 4.80. The Labute approximate surface area is 152 Å². The molecule has 0 aliphatic carbocycles. The first-order chi connectivity index (χ1) is 12.0. The summed E-state index contributed by atoms with van der Waals surface area (Å²) in [5, 5.41) is 11.2. The van der Waals surface area contributed by atoms with E-state index in [1.807, 2.05) is 6.07 Å². The molecular weight excluding hydrogens is 391 g/mol. The largest absolute Gasteiger partial charge is 0.493 e. The summed E-state index contributed by atoms with van der Waals surface area (Å²) in [5.74, 6) is 0.141. The molecule has 25 heavy (non-hydrogen) atoms. The molecule has 0 aliphatic heterocycles. The molecule has 0 heterocycles. The van der Waals surface area contributed by atoms with Crippen molar-refractivity contribution in [3.8, 4) is 17.6 Å². The molecular formula is C18H14BrFN2O3. The lowest BCUT2D eigenvalue weighted by Gasteiger charge is -2.09. The van der Waals surface area contributed by atoms with E-state index in [-0.39, 0.29) is 12.5 Å². The minimum Gasteiger partial charge on any atom is -0.493 e. The summed E-state index contributed by atoms with van der Waals surface area (Å²) < 4.78 is 23.9. The number of nitriles is 1. The highest BCUT2D eigenvalue weighted by Gasteiger charge is 2.06. The van der Waals surface area contributed by atoms with Crippen molar-refractivity contribution >= 4 is 33.6 Å². The van der Waals surface area contributed by atoms with E-state index in [4.69, 9.17) is 14.7 Å². The summed E-state index contributed by atoms with van der Waals surface area (Å²) in [6.45, 7) is -0.0828. The van der Waals surface area contributed by atoms with Gasteiger partial charge in [0.25, 0.3) is 0 Å². The smallest absolute Gasteiger partial charge is 0.248 e. The van der Waals surface area contributed by atoms with Crippen LogP contribution in [0.2, 0.25) is 0 Å². The molecule has 0 radical (unpaired) electrons. The van der Waals surface area contributed by atoms with Crippen LogP contribution < -0.4 is 14.8 Å². The Morgan fingerprint density at radius 2 is 2.12 bits per heavy atom. The van der Waals surface area contributed by atoms with Gasteiger partial charge in [-0.25, -0.2) is 4.39 Å². The predicted octanol–water partition coefficient (Wildman–Crippen LogP) is 4.15. The van der Waals surface area contributed by atoms with Gasteiger partial charge in [0, 0.05) is 10.5 Å². The van der Waals surface area contributed by atoms with Crippen LogP contribution in [0, 0.1) is 17.1 Å². The maximum absolute atomic E-state index is 13.0. The van der Waals surface area contributed by atoms with Gasteiger partial charge in [0.2, 0.25) is 5.91 Å². The molecule has 2 rings (SSSR count). The molecule has 5 nitrogen and oxygen atoms in total. The van der Waals surface area contributed by atoms with Gasteiger partial charge in [-0.3, -0.25) is 4.79 Å². The monoisotopic (exact) mass is 404 g/mol. The van der Waals surface area contributed by atoms with Gasteiger partial charge in [-0.2, -0.15) is 5.26 Å². The van der Waals surface area contributed by atoms with Crippen LogP contribution in [0.1, 0.15) is 5.56 Å². The molecule has 0 saturated carbocycles. The van der Waals surface area contributed by atoms with Crippen molar-refractivity contribution in [2.24, 2.45) is 0 Å². The van der Waals surface area contributed by atoms with Gasteiger partial charge in [0.1, 0.15) is 11.9 Å². The second kappa shape index (κ2) is 8.85. The molecule has 0 atom stereocenters. The van der Waals surface area contributed by atoms with Gasteiger partial charge in [-0.05, 0) is 57.9 Å². The Hall–Kier alpha value is -2.85. The third-order valence-corrected chi connectivity index (χ3v) is 3.75. The molecule has 0 bridgehead atoms. The fraction of sp³-hybridized carbons (Fsp3) is 0.111. The van der Waals surface area contributed by atoms with Crippen LogP contribution in [0.4, 0.5) is 10.1 Å². The number of benzene rings is 2. The van der Waals surface area contributed by atoms with Crippen molar-refractivity contribution < 1.29 is 18.7 Å². The molecule has 128 valence electrons. The van der Waals surface area contributed by atoms with Crippen molar-refractivity contribution in [1.29, 1.82) is 5.26 Å². The maximum atomic E-state index is 13.0. The van der Waals surface area contributed by atoms with Crippen LogP contribution in [-0.2, 0) is 4.79 Å². The van der Waals surface area contributed by atoms with E-state index in [0.29, 0.717) is 21.7 Å². The molecule has 2 aromatic carbocycles. The van der Waals surface area contributed by atoms with Crippen LogP contribution >= 0.6 is 15.9 Å². The quantitative estimate of drug-likeness (QED) is 0.733. The highest BCUT2D eigenvalue weighted by molar-refractivity contribution is 9.10. The number of methoxy groups -OCH3 is 1. The van der Waals surface area contributed by atoms with E-state index in [1.54, 1.807) is 24.3 Å². The van der Waals surface area contributed by atoms with Crippen molar-refractivity contribution in [2.75, 3.05) is 19.0 Å². The number of anilines is 1. The number of hydrogen-bond donors (Lipinski definition) is 1. The lowest BCUT2D eigenvalue weighted by atomic mass is 10.2. The van der Waals surface area contributed by atoms with E-state index in [9.17, 15) is 9.18 Å². The van der Waals surface area contributed by atoms with Gasteiger partial charge in [0.05, 0.1) is 12.8 Å². The number of ether oxygens (including phenoxy) is 2. The second-order valence-corrected chi connectivity index (χ2v) is 5.66. The number of nitrogens with one attached hydrogen (secondary N) is 1. The van der Waals surface area contributed by atoms with Crippen LogP contribution in [0.3, 0.4) is 0 Å². The van der Waals surface area contributed by atoms with Crippen LogP contribution in [-0.4, -0.2) is 19.6 Å². The summed E-state index contributed by atoms with van der Waals surface area (Å²) in [5.41, 5.74) is 1.18. The third kappa shape index (κ3) is 5.33. The summed E-state index contributed by atoms with van der Waals surface area (Å²) >= 11 is 3.19. The Balaban J connectivity index is 2.07. The van der Waals surface area contributed by atoms with E-state index in [2.05, 4.69) is 21.2 Å². The van der Waals surface area contributed by atoms with Gasteiger partial charge in [-0.15, -0.1) is 0 Å². The average molecular weight is 405 g/mol. The number of hydrogen-bond acceptors (Lipinski definition) is 4. The normalized spacial score (nSPS) is 10.3. The van der Waals surface area contributed by atoms with Crippen LogP contribution in [0.5, 0.6) is 11.5 Å². The Morgan fingerprint density at radius 3 is 2.80 bits per heavy atom. The standard InChI is InChI=1S/C18H14BrFN2O3/c1-24-17-10-12(2-6-16(17)25-9-8-21)3-7-18(23)22-15-5-4-13(20)11-14(15)19/h2-7,10-11H,9H2,1H3,(H,22,23)/b7-3+. The number of nitrogens with zero attached hydrogens (tertiary/aromatic N) is 1. The molecule has 2 aromatic rings. The van der Waals surface area contributed by atoms with Gasteiger partial charge in [-0.1, -0.05) is 6.07 Å². The minimum atomic E-state index is -0.397. The lowest BCUT2D eigenvalue weighted by molar-refractivity contribution is -0.111. The van der Waals surface area contributed by atoms with E-state index < -0.39 is 5.82 Å². The first-order valence-corrected chi connectivity index (χ1v) is 7.94. The van der Waals surface area contributed by atoms with Crippen molar-refractivity contribution in [2.45, 2.75) is 0 Å². The lowest BCUT2D eigenvalue weighted by Crippen LogP contribution is -2.08. The molecule has 0 aliphatic rings. The maximum Gasteiger partial charge on any atom is 0.248 e. The summed E-state index contributed by atoms with van der Waals surface area (Å²) in [4.78, 5) is 12.0. The highest BCUT2D eigenvalue weighted by atomic mass is 79.9. The fourth-order valence-corrected chi connectivity index (χ4v) is 2.40. The SMILES string of the molecule is COc1cc(/C=C/C(=O)Nc2ccc(F)cc2Br)ccc1OCC#N. The summed E-state index contributed by atoms with van der Waals surface area (Å²) in [7, 11) is 1.49. The minimum absolute atomic E-state index is 0.0828. The van der Waals surface area contributed by atoms with Crippen molar-refractivity contribution in [1.82, 2.24) is 0 Å². The third-order valence-electron chi connectivity index (χ3n) is 3.10. The molecule has 0 fully saturated rings. The molecule has 1 N–H and O–H groups in total. The molecule has 0 saturated heterocycles. The zero-order chi connectivity index (χ0) is 18.2. The average Bonchev–Trinajstić information content (AvgIpc) is 2.60. The number of amides is 1. The molecule has 1 amide bonds. The van der Waals surface area contributed by atoms with Crippen LogP contribution in [0.15, 0.2) is 46.9 Å². The van der Waals surface area contributed by atoms with E-state index in [1.165, 1.54) is 31.4 Å². The number of carbonyl (C=O) groups is 1. The molecule has 0 spiro atoms. The van der Waals surface area contributed by atoms with Crippen LogP contribution in [0.25, 0.3) is 6.08 Å². The predicted molar refractivity (Wildman–Crippen MR) is 95.9 cm³/mol. The zero-order valence-electron chi connectivity index (χ0n) is 13.3. The van der Waals surface area contributed by atoms with E-state index in [0.717, 1.165) is 5.56 Å². The highest BCUT2D eigenvalue weighted by Crippen LogP contribution is 2.28. The number of rotatable bonds is 6. The molecule has 0 aromatic heterocycles. The van der Waals surface area contributed by atoms with Gasteiger partial charge in [0.15, 0.2) is 18.1 Å². The summed E-state index contributed by atoms with van der Waals surface area (Å²) in [6.07, 6.45) is 2.95. The van der Waals surface area contributed by atoms with Crippen molar-refractivity contribution in [3.63, 3.8) is 0 Å². The topological polar surface area (TPSA) is 71.3 Å². The molecule has 0 unspecified atom stereocenters. The van der Waals surface area contributed by atoms with E-state index >= 15 is 0 Å². The van der Waals surface area contributed by atoms with Gasteiger partial charge >= 0.3 is 0 Å². The van der Waals surface area contributed by atoms with Crippen molar-refractivity contribution in [3.05, 3.63) is 58.3 Å². The Morgan fingerprint density at radius 1 is 1.32 bits per heavy atom. The first kappa shape index (κ1) is 18.5. The summed E-state index contributed by atoms with van der Waals surface area (Å²) in [6, 6.07) is 10.9. The number of halogens is 2. The molecule has 7 heteroatoms. The zero-order valence-corrected chi connectivity index (χ0v) is 14.8. The number of carbonyl (C=O) groups excluding carboxylic acids is 1.